The fraction of sp³-hybridized carbons (Fsp3) is 0.364. The fourth-order valence-electron chi connectivity index (χ4n) is 3.00. The van der Waals surface area contributed by atoms with Gasteiger partial charge in [0.1, 0.15) is 5.65 Å². The number of aliphatic imine (C=N–C) groups is 1. The summed E-state index contributed by atoms with van der Waals surface area (Å²) in [6, 6.07) is 16.3. The Morgan fingerprint density at radius 3 is 2.68 bits per heavy atom. The first-order valence-electron chi connectivity index (χ1n) is 9.80. The Kier molecular flexibility index (Phi) is 7.44. The van der Waals surface area contributed by atoms with Crippen molar-refractivity contribution in [3.8, 4) is 0 Å². The summed E-state index contributed by atoms with van der Waals surface area (Å²) in [7, 11) is 1.79. The van der Waals surface area contributed by atoms with Gasteiger partial charge in [0.25, 0.3) is 0 Å². The highest BCUT2D eigenvalue weighted by atomic mass is 16.5. The zero-order valence-corrected chi connectivity index (χ0v) is 16.6. The van der Waals surface area contributed by atoms with Crippen LogP contribution in [0.25, 0.3) is 5.65 Å². The van der Waals surface area contributed by atoms with Crippen molar-refractivity contribution in [2.45, 2.75) is 25.9 Å². The maximum atomic E-state index is 5.90. The van der Waals surface area contributed by atoms with E-state index in [2.05, 4.69) is 45.9 Å². The lowest BCUT2D eigenvalue weighted by atomic mass is 10.1. The van der Waals surface area contributed by atoms with Crippen LogP contribution in [-0.2, 0) is 11.2 Å². The summed E-state index contributed by atoms with van der Waals surface area (Å²) < 4.78 is 7.94. The van der Waals surface area contributed by atoms with Crippen LogP contribution < -0.4 is 10.6 Å². The summed E-state index contributed by atoms with van der Waals surface area (Å²) in [6.45, 7) is 4.39. The zero-order valence-electron chi connectivity index (χ0n) is 16.6. The quantitative estimate of drug-likeness (QED) is 0.340. The van der Waals surface area contributed by atoms with Gasteiger partial charge in [-0.1, -0.05) is 36.4 Å². The molecule has 0 amide bonds. The minimum Gasteiger partial charge on any atom is -0.374 e. The van der Waals surface area contributed by atoms with Crippen LogP contribution in [0.2, 0.25) is 0 Å². The molecule has 0 radical (unpaired) electrons. The predicted molar refractivity (Wildman–Crippen MR) is 114 cm³/mol. The van der Waals surface area contributed by atoms with Gasteiger partial charge in [-0.2, -0.15) is 0 Å². The van der Waals surface area contributed by atoms with Crippen molar-refractivity contribution in [1.82, 2.24) is 20.0 Å². The molecule has 3 rings (SSSR count). The van der Waals surface area contributed by atoms with Gasteiger partial charge in [-0.05, 0) is 31.0 Å². The topological polar surface area (TPSA) is 63.0 Å². The van der Waals surface area contributed by atoms with Crippen LogP contribution in [0.4, 0.5) is 0 Å². The Bertz CT molecular complexity index is 842. The number of pyridine rings is 1. The molecule has 0 aliphatic rings. The van der Waals surface area contributed by atoms with Gasteiger partial charge in [-0.25, -0.2) is 4.98 Å². The van der Waals surface area contributed by atoms with E-state index in [4.69, 9.17) is 4.74 Å². The second kappa shape index (κ2) is 10.5. The molecule has 6 heteroatoms. The number of aromatic nitrogens is 2. The maximum Gasteiger partial charge on any atom is 0.190 e. The summed E-state index contributed by atoms with van der Waals surface area (Å²) in [5.74, 6) is 0.805. The van der Waals surface area contributed by atoms with Crippen molar-refractivity contribution in [3.05, 3.63) is 72.2 Å². The van der Waals surface area contributed by atoms with E-state index in [1.165, 1.54) is 5.56 Å². The zero-order chi connectivity index (χ0) is 19.6. The van der Waals surface area contributed by atoms with E-state index in [0.717, 1.165) is 43.2 Å². The van der Waals surface area contributed by atoms with Gasteiger partial charge in [-0.3, -0.25) is 4.99 Å². The Balaban J connectivity index is 1.31. The summed E-state index contributed by atoms with van der Waals surface area (Å²) >= 11 is 0. The average Bonchev–Trinajstić information content (AvgIpc) is 3.15. The minimum atomic E-state index is 0.115. The molecule has 2 heterocycles. The maximum absolute atomic E-state index is 5.90. The normalized spacial score (nSPS) is 12.9. The first kappa shape index (κ1) is 19.9. The van der Waals surface area contributed by atoms with Gasteiger partial charge in [0, 0.05) is 45.6 Å². The van der Waals surface area contributed by atoms with Crippen molar-refractivity contribution in [2.24, 2.45) is 4.99 Å². The van der Waals surface area contributed by atoms with E-state index in [9.17, 15) is 0 Å². The van der Waals surface area contributed by atoms with Crippen LogP contribution in [0.5, 0.6) is 0 Å². The molecule has 0 saturated heterocycles. The van der Waals surface area contributed by atoms with Gasteiger partial charge in [0.15, 0.2) is 5.96 Å². The first-order valence-corrected chi connectivity index (χ1v) is 9.80. The van der Waals surface area contributed by atoms with Crippen LogP contribution in [0.3, 0.4) is 0 Å². The lowest BCUT2D eigenvalue weighted by Gasteiger charge is -2.14. The SMILES string of the molecule is CN=C(NCCCOC(C)c1ccccc1)NCCc1cn2ccccc2n1. The lowest BCUT2D eigenvalue weighted by molar-refractivity contribution is 0.0646. The summed E-state index contributed by atoms with van der Waals surface area (Å²) in [5.41, 5.74) is 3.25. The van der Waals surface area contributed by atoms with Crippen LogP contribution in [0, 0.1) is 0 Å². The minimum absolute atomic E-state index is 0.115. The molecule has 0 spiro atoms. The number of nitrogens with one attached hydrogen (secondary N) is 2. The number of hydrogen-bond acceptors (Lipinski definition) is 3. The Morgan fingerprint density at radius 2 is 1.89 bits per heavy atom. The molecule has 2 aromatic heterocycles. The molecule has 1 aromatic carbocycles. The van der Waals surface area contributed by atoms with Gasteiger partial charge in [0.05, 0.1) is 11.8 Å². The molecule has 0 aliphatic carbocycles. The molecule has 3 aromatic rings. The smallest absolute Gasteiger partial charge is 0.190 e. The van der Waals surface area contributed by atoms with Crippen molar-refractivity contribution in [3.63, 3.8) is 0 Å². The Morgan fingerprint density at radius 1 is 1.11 bits per heavy atom. The van der Waals surface area contributed by atoms with Gasteiger partial charge in [0.2, 0.25) is 0 Å². The number of imidazole rings is 1. The number of fused-ring (bicyclic) bond motifs is 1. The molecule has 148 valence electrons. The van der Waals surface area contributed by atoms with Crippen molar-refractivity contribution < 1.29 is 4.74 Å². The number of ether oxygens (including phenoxy) is 1. The molecule has 0 bridgehead atoms. The molecule has 6 nitrogen and oxygen atoms in total. The molecule has 1 atom stereocenters. The number of benzene rings is 1. The van der Waals surface area contributed by atoms with Gasteiger partial charge in [-0.15, -0.1) is 0 Å². The van der Waals surface area contributed by atoms with Gasteiger partial charge >= 0.3 is 0 Å². The number of rotatable bonds is 9. The van der Waals surface area contributed by atoms with E-state index in [0.29, 0.717) is 6.61 Å². The summed E-state index contributed by atoms with van der Waals surface area (Å²) in [5, 5.41) is 6.67. The number of guanidine groups is 1. The van der Waals surface area contributed by atoms with E-state index in [1.807, 2.05) is 47.0 Å². The number of nitrogens with zero attached hydrogens (tertiary/aromatic N) is 3. The highest BCUT2D eigenvalue weighted by Crippen LogP contribution is 2.15. The van der Waals surface area contributed by atoms with E-state index in [-0.39, 0.29) is 6.10 Å². The molecular weight excluding hydrogens is 350 g/mol. The Hall–Kier alpha value is -2.86. The highest BCUT2D eigenvalue weighted by molar-refractivity contribution is 5.79. The molecule has 28 heavy (non-hydrogen) atoms. The lowest BCUT2D eigenvalue weighted by Crippen LogP contribution is -2.39. The molecular formula is C22H29N5O. The molecule has 0 saturated carbocycles. The third-order valence-corrected chi connectivity index (χ3v) is 4.56. The molecule has 0 aliphatic heterocycles. The van der Waals surface area contributed by atoms with Crippen molar-refractivity contribution in [1.29, 1.82) is 0 Å². The summed E-state index contributed by atoms with van der Waals surface area (Å²) in [6.07, 6.45) is 5.97. The summed E-state index contributed by atoms with van der Waals surface area (Å²) in [4.78, 5) is 8.88. The van der Waals surface area contributed by atoms with Crippen LogP contribution in [0.1, 0.15) is 30.7 Å². The molecule has 0 fully saturated rings. The van der Waals surface area contributed by atoms with Gasteiger partial charge < -0.3 is 19.8 Å². The van der Waals surface area contributed by atoms with Crippen LogP contribution >= 0.6 is 0 Å². The fourth-order valence-corrected chi connectivity index (χ4v) is 3.00. The second-order valence-electron chi connectivity index (χ2n) is 6.65. The molecule has 1 unspecified atom stereocenters. The largest absolute Gasteiger partial charge is 0.374 e. The Labute approximate surface area is 166 Å². The standard InChI is InChI=1S/C22H29N5O/c1-18(19-9-4-3-5-10-19)28-16-8-13-24-22(23-2)25-14-12-20-17-27-15-7-6-11-21(27)26-20/h3-7,9-11,15,17-18H,8,12-14,16H2,1-2H3,(H2,23,24,25). The van der Waals surface area contributed by atoms with E-state index in [1.54, 1.807) is 7.05 Å². The second-order valence-corrected chi connectivity index (χ2v) is 6.65. The van der Waals surface area contributed by atoms with Crippen molar-refractivity contribution >= 4 is 11.6 Å². The highest BCUT2D eigenvalue weighted by Gasteiger charge is 2.05. The van der Waals surface area contributed by atoms with Crippen LogP contribution in [-0.4, -0.2) is 42.1 Å². The van der Waals surface area contributed by atoms with E-state index < -0.39 is 0 Å². The van der Waals surface area contributed by atoms with E-state index >= 15 is 0 Å². The number of hydrogen-bond donors (Lipinski definition) is 2. The average molecular weight is 380 g/mol. The third-order valence-electron chi connectivity index (χ3n) is 4.56. The van der Waals surface area contributed by atoms with Crippen molar-refractivity contribution in [2.75, 3.05) is 26.7 Å². The molecule has 2 N–H and O–H groups in total. The van der Waals surface area contributed by atoms with Crippen LogP contribution in [0.15, 0.2) is 65.9 Å². The predicted octanol–water partition coefficient (Wildman–Crippen LogP) is 3.21. The first-order chi connectivity index (χ1) is 13.8. The third kappa shape index (κ3) is 5.82. The monoisotopic (exact) mass is 379 g/mol.